The number of rotatable bonds is 6. The van der Waals surface area contributed by atoms with Crippen molar-refractivity contribution in [1.29, 1.82) is 0 Å². The number of anilines is 1. The minimum absolute atomic E-state index is 0.00693. The van der Waals surface area contributed by atoms with E-state index in [1.165, 1.54) is 37.6 Å². The highest BCUT2D eigenvalue weighted by atomic mass is 32.1. The molecule has 32 heavy (non-hydrogen) atoms. The van der Waals surface area contributed by atoms with Crippen LogP contribution in [0.15, 0.2) is 65.6 Å². The van der Waals surface area contributed by atoms with Crippen molar-refractivity contribution < 1.29 is 28.9 Å². The van der Waals surface area contributed by atoms with Crippen LogP contribution in [-0.4, -0.2) is 38.1 Å². The Balaban J connectivity index is 1.91. The number of carbonyl (C=O) groups excluding carboxylic acids is 2. The van der Waals surface area contributed by atoms with Gasteiger partial charge in [-0.3, -0.25) is 14.5 Å². The molecule has 1 amide bonds. The van der Waals surface area contributed by atoms with Gasteiger partial charge in [-0.25, -0.2) is 0 Å². The maximum atomic E-state index is 13.1. The van der Waals surface area contributed by atoms with Gasteiger partial charge in [0, 0.05) is 22.2 Å². The van der Waals surface area contributed by atoms with Gasteiger partial charge >= 0.3 is 0 Å². The van der Waals surface area contributed by atoms with E-state index < -0.39 is 17.7 Å². The number of amides is 1. The predicted molar refractivity (Wildman–Crippen MR) is 122 cm³/mol. The van der Waals surface area contributed by atoms with Crippen molar-refractivity contribution in [3.63, 3.8) is 0 Å². The maximum absolute atomic E-state index is 13.1. The summed E-state index contributed by atoms with van der Waals surface area (Å²) in [7, 11) is 4.52. The molecular weight excluding hydrogens is 430 g/mol. The van der Waals surface area contributed by atoms with Crippen molar-refractivity contribution in [1.82, 2.24) is 0 Å². The van der Waals surface area contributed by atoms with Gasteiger partial charge in [0.15, 0.2) is 11.5 Å². The third-order valence-electron chi connectivity index (χ3n) is 5.25. The van der Waals surface area contributed by atoms with Crippen LogP contribution in [0.1, 0.15) is 16.5 Å². The molecule has 1 unspecified atom stereocenters. The molecule has 1 N–H and O–H groups in total. The van der Waals surface area contributed by atoms with Crippen LogP contribution in [-0.2, 0) is 9.59 Å². The van der Waals surface area contributed by atoms with Crippen molar-refractivity contribution in [2.75, 3.05) is 26.2 Å². The molecule has 8 heteroatoms. The van der Waals surface area contributed by atoms with Crippen LogP contribution in [0.3, 0.4) is 0 Å². The van der Waals surface area contributed by atoms with Crippen LogP contribution in [0.4, 0.5) is 5.69 Å². The predicted octanol–water partition coefficient (Wildman–Crippen LogP) is 4.40. The number of thiophene rings is 1. The van der Waals surface area contributed by atoms with Gasteiger partial charge < -0.3 is 19.3 Å². The molecular formula is C24H21NO6S. The average molecular weight is 452 g/mol. The number of carbonyl (C=O) groups is 2. The molecule has 7 nitrogen and oxygen atoms in total. The Morgan fingerprint density at radius 1 is 0.938 bits per heavy atom. The van der Waals surface area contributed by atoms with Gasteiger partial charge in [0.1, 0.15) is 17.6 Å². The summed E-state index contributed by atoms with van der Waals surface area (Å²) in [6.45, 7) is 0. The molecule has 1 aromatic heterocycles. The number of hydrogen-bond acceptors (Lipinski definition) is 7. The Morgan fingerprint density at radius 3 is 2.38 bits per heavy atom. The highest BCUT2D eigenvalue weighted by molar-refractivity contribution is 7.10. The quantitative estimate of drug-likeness (QED) is 0.340. The van der Waals surface area contributed by atoms with Gasteiger partial charge in [0.05, 0.1) is 26.9 Å². The van der Waals surface area contributed by atoms with E-state index >= 15 is 0 Å². The van der Waals surface area contributed by atoms with E-state index in [1.54, 1.807) is 42.5 Å². The molecule has 4 rings (SSSR count). The van der Waals surface area contributed by atoms with Gasteiger partial charge in [-0.1, -0.05) is 12.1 Å². The van der Waals surface area contributed by atoms with Gasteiger partial charge in [-0.2, -0.15) is 0 Å². The summed E-state index contributed by atoms with van der Waals surface area (Å²) in [4.78, 5) is 28.4. The number of Topliss-reactive ketones (excluding diaryl/α,β-unsaturated/α-hetero) is 1. The highest BCUT2D eigenvalue weighted by Gasteiger charge is 2.47. The molecule has 0 saturated carbocycles. The van der Waals surface area contributed by atoms with Crippen molar-refractivity contribution in [3.05, 3.63) is 76.0 Å². The summed E-state index contributed by atoms with van der Waals surface area (Å²) in [5, 5.41) is 13.0. The monoisotopic (exact) mass is 451 g/mol. The van der Waals surface area contributed by atoms with Crippen LogP contribution in [0, 0.1) is 0 Å². The number of methoxy groups -OCH3 is 3. The lowest BCUT2D eigenvalue weighted by Crippen LogP contribution is -2.29. The molecule has 0 bridgehead atoms. The van der Waals surface area contributed by atoms with Crippen LogP contribution in [0.25, 0.3) is 5.76 Å². The third-order valence-corrected chi connectivity index (χ3v) is 6.17. The number of ketones is 1. The molecule has 1 fully saturated rings. The Hall–Kier alpha value is -3.78. The zero-order valence-corrected chi connectivity index (χ0v) is 18.5. The Morgan fingerprint density at radius 2 is 1.72 bits per heavy atom. The fourth-order valence-corrected chi connectivity index (χ4v) is 4.54. The zero-order chi connectivity index (χ0) is 22.8. The summed E-state index contributed by atoms with van der Waals surface area (Å²) in [5.41, 5.74) is 0.844. The normalized spacial score (nSPS) is 17.5. The largest absolute Gasteiger partial charge is 0.507 e. The smallest absolute Gasteiger partial charge is 0.300 e. The van der Waals surface area contributed by atoms with Gasteiger partial charge in [0.25, 0.3) is 11.7 Å². The lowest BCUT2D eigenvalue weighted by atomic mass is 9.99. The first-order valence-electron chi connectivity index (χ1n) is 9.71. The second kappa shape index (κ2) is 8.76. The molecule has 1 atom stereocenters. The lowest BCUT2D eigenvalue weighted by Gasteiger charge is -2.24. The van der Waals surface area contributed by atoms with Crippen molar-refractivity contribution in [3.8, 4) is 17.2 Å². The van der Waals surface area contributed by atoms with Crippen molar-refractivity contribution >= 4 is 34.5 Å². The first-order chi connectivity index (χ1) is 15.5. The number of hydrogen-bond donors (Lipinski definition) is 1. The van der Waals surface area contributed by atoms with E-state index in [9.17, 15) is 14.7 Å². The van der Waals surface area contributed by atoms with E-state index in [2.05, 4.69) is 0 Å². The second-order valence-electron chi connectivity index (χ2n) is 6.96. The van der Waals surface area contributed by atoms with Gasteiger partial charge in [-0.15, -0.1) is 11.3 Å². The first kappa shape index (κ1) is 21.5. The second-order valence-corrected chi connectivity index (χ2v) is 7.94. The first-order valence-corrected chi connectivity index (χ1v) is 10.6. The van der Waals surface area contributed by atoms with Gasteiger partial charge in [-0.05, 0) is 41.8 Å². The molecule has 1 aliphatic heterocycles. The van der Waals surface area contributed by atoms with Gasteiger partial charge in [0.2, 0.25) is 0 Å². The highest BCUT2D eigenvalue weighted by Crippen LogP contribution is 2.44. The SMILES string of the molecule is COc1cccc(N2C(=O)C(=O)/C(=C(\O)c3ccc(OC)c(OC)c3)C2c2cccs2)c1. The third kappa shape index (κ3) is 3.58. The molecule has 1 saturated heterocycles. The van der Waals surface area contributed by atoms with E-state index in [0.717, 1.165) is 4.88 Å². The van der Waals surface area contributed by atoms with Crippen LogP contribution in [0.5, 0.6) is 17.2 Å². The molecule has 0 aliphatic carbocycles. The Kier molecular flexibility index (Phi) is 5.87. The number of aliphatic hydroxyl groups is 1. The number of ether oxygens (including phenoxy) is 3. The lowest BCUT2D eigenvalue weighted by molar-refractivity contribution is -0.132. The summed E-state index contributed by atoms with van der Waals surface area (Å²) >= 11 is 1.40. The number of nitrogens with zero attached hydrogens (tertiary/aromatic N) is 1. The Bertz CT molecular complexity index is 1200. The summed E-state index contributed by atoms with van der Waals surface area (Å²) in [6.07, 6.45) is 0. The number of benzene rings is 2. The van der Waals surface area contributed by atoms with E-state index in [-0.39, 0.29) is 11.3 Å². The van der Waals surface area contributed by atoms with Crippen LogP contribution in [0.2, 0.25) is 0 Å². The molecule has 1 aliphatic rings. The van der Waals surface area contributed by atoms with Crippen LogP contribution < -0.4 is 19.1 Å². The average Bonchev–Trinajstić information content (AvgIpc) is 3.45. The van der Waals surface area contributed by atoms with E-state index in [0.29, 0.717) is 28.5 Å². The van der Waals surface area contributed by atoms with E-state index in [4.69, 9.17) is 14.2 Å². The topological polar surface area (TPSA) is 85.3 Å². The van der Waals surface area contributed by atoms with Crippen molar-refractivity contribution in [2.45, 2.75) is 6.04 Å². The van der Waals surface area contributed by atoms with Crippen molar-refractivity contribution in [2.24, 2.45) is 0 Å². The minimum atomic E-state index is -0.782. The zero-order valence-electron chi connectivity index (χ0n) is 17.7. The molecule has 0 radical (unpaired) electrons. The molecule has 2 aromatic carbocycles. The number of aliphatic hydroxyl groups excluding tert-OH is 1. The minimum Gasteiger partial charge on any atom is -0.507 e. The summed E-state index contributed by atoms with van der Waals surface area (Å²) in [5.74, 6) is -0.346. The molecule has 2 heterocycles. The van der Waals surface area contributed by atoms with Crippen LogP contribution >= 0.6 is 11.3 Å². The fraction of sp³-hybridized carbons (Fsp3) is 0.167. The Labute approximate surface area is 189 Å². The maximum Gasteiger partial charge on any atom is 0.300 e. The fourth-order valence-electron chi connectivity index (χ4n) is 3.71. The van der Waals surface area contributed by atoms with E-state index in [1.807, 2.05) is 17.5 Å². The molecule has 3 aromatic rings. The summed E-state index contributed by atoms with van der Waals surface area (Å²) in [6, 6.07) is 14.6. The molecule has 0 spiro atoms. The molecule has 164 valence electrons. The standard InChI is InChI=1S/C24H21NO6S/c1-29-16-7-4-6-15(13-16)25-21(19-8-5-11-32-19)20(23(27)24(25)28)22(26)14-9-10-17(30-2)18(12-14)31-3/h4-13,21,26H,1-3H3/b22-20-. The summed E-state index contributed by atoms with van der Waals surface area (Å²) < 4.78 is 15.9.